The molecule has 3 aliphatic rings. The Labute approximate surface area is 187 Å². The lowest BCUT2D eigenvalue weighted by Crippen LogP contribution is -2.45. The average molecular weight is 467 g/mol. The van der Waals surface area contributed by atoms with Crippen LogP contribution in [0.5, 0.6) is 11.6 Å². The number of hydrogen-bond donors (Lipinski definition) is 2. The molecule has 0 radical (unpaired) electrons. The number of ether oxygens (including phenoxy) is 3. The second-order valence-corrected chi connectivity index (χ2v) is 8.68. The van der Waals surface area contributed by atoms with Gasteiger partial charge in [-0.15, -0.1) is 0 Å². The molecule has 1 amide bonds. The smallest absolute Gasteiger partial charge is 0.416 e. The molecule has 1 saturated carbocycles. The zero-order chi connectivity index (χ0) is 23.2. The van der Waals surface area contributed by atoms with Crippen molar-refractivity contribution in [2.24, 2.45) is 5.92 Å². The molecule has 1 aromatic heterocycles. The van der Waals surface area contributed by atoms with Crippen LogP contribution in [-0.4, -0.2) is 52.8 Å². The Hall–Kier alpha value is -2.79. The molecule has 2 unspecified atom stereocenters. The summed E-state index contributed by atoms with van der Waals surface area (Å²) in [5, 5.41) is 17.4. The molecule has 0 bridgehead atoms. The Morgan fingerprint density at radius 2 is 2.12 bits per heavy atom. The fourth-order valence-corrected chi connectivity index (χ4v) is 3.97. The van der Waals surface area contributed by atoms with Gasteiger partial charge in [0.2, 0.25) is 5.88 Å². The summed E-state index contributed by atoms with van der Waals surface area (Å²) < 4.78 is 57.6. The predicted octanol–water partition coefficient (Wildman–Crippen LogP) is 2.70. The summed E-state index contributed by atoms with van der Waals surface area (Å²) in [6.07, 6.45) is -2.77. The second-order valence-electron chi connectivity index (χ2n) is 8.68. The molecule has 2 aliphatic heterocycles. The molecule has 0 spiro atoms. The number of nitrogens with zero attached hydrogens (tertiary/aromatic N) is 2. The monoisotopic (exact) mass is 467 g/mol. The molecular weight excluding hydrogens is 443 g/mol. The highest BCUT2D eigenvalue weighted by Crippen LogP contribution is 2.38. The maximum absolute atomic E-state index is 13.0. The summed E-state index contributed by atoms with van der Waals surface area (Å²) in [6.45, 7) is 1.81. The first kappa shape index (κ1) is 22.0. The van der Waals surface area contributed by atoms with Crippen LogP contribution in [-0.2, 0) is 17.5 Å². The molecule has 3 atom stereocenters. The number of alkyl halides is 3. The van der Waals surface area contributed by atoms with Crippen molar-refractivity contribution in [3.05, 3.63) is 41.1 Å². The number of carbonyl (C=O) groups is 1. The maximum atomic E-state index is 13.0. The average Bonchev–Trinajstić information content (AvgIpc) is 3.39. The van der Waals surface area contributed by atoms with Crippen LogP contribution in [0.2, 0.25) is 0 Å². The van der Waals surface area contributed by atoms with Crippen molar-refractivity contribution in [1.29, 1.82) is 0 Å². The number of rotatable bonds is 7. The first-order chi connectivity index (χ1) is 15.8. The zero-order valence-electron chi connectivity index (χ0n) is 17.7. The molecule has 11 heteroatoms. The number of benzene rings is 1. The number of amides is 1. The van der Waals surface area contributed by atoms with E-state index in [1.807, 2.05) is 0 Å². The zero-order valence-corrected chi connectivity index (χ0v) is 17.7. The number of hydrogen-bond acceptors (Lipinski definition) is 6. The number of aromatic nitrogens is 2. The van der Waals surface area contributed by atoms with Crippen LogP contribution in [0.3, 0.4) is 0 Å². The van der Waals surface area contributed by atoms with Crippen molar-refractivity contribution < 1.29 is 37.3 Å². The van der Waals surface area contributed by atoms with Gasteiger partial charge in [-0.25, -0.2) is 4.68 Å². The number of aliphatic hydroxyl groups is 1. The molecule has 1 fully saturated rings. The van der Waals surface area contributed by atoms with E-state index in [-0.39, 0.29) is 29.7 Å². The van der Waals surface area contributed by atoms with E-state index in [0.29, 0.717) is 24.9 Å². The van der Waals surface area contributed by atoms with Gasteiger partial charge in [-0.05, 0) is 37.0 Å². The lowest BCUT2D eigenvalue weighted by atomic mass is 9.97. The third kappa shape index (κ3) is 4.79. The molecule has 5 rings (SSSR count). The van der Waals surface area contributed by atoms with Crippen molar-refractivity contribution >= 4 is 5.91 Å². The highest BCUT2D eigenvalue weighted by atomic mass is 19.4. The summed E-state index contributed by atoms with van der Waals surface area (Å²) in [5.74, 6) is 0.752. The normalized spacial score (nSPS) is 23.9. The van der Waals surface area contributed by atoms with Gasteiger partial charge in [0.15, 0.2) is 5.69 Å². The molecule has 3 heterocycles. The van der Waals surface area contributed by atoms with Gasteiger partial charge in [-0.2, -0.15) is 18.3 Å². The SMILES string of the molecule is O=C(N[C@H]1COc2ccc(C(F)(F)F)cc2C1O)c1cc2n(n1)CC(CCOCC1CC1)O2. The lowest BCUT2D eigenvalue weighted by Gasteiger charge is -2.31. The largest absolute Gasteiger partial charge is 0.491 e. The van der Waals surface area contributed by atoms with Crippen LogP contribution in [0.1, 0.15) is 47.0 Å². The third-order valence-corrected chi connectivity index (χ3v) is 6.05. The molecule has 0 saturated heterocycles. The highest BCUT2D eigenvalue weighted by Gasteiger charge is 2.36. The van der Waals surface area contributed by atoms with Crippen LogP contribution < -0.4 is 14.8 Å². The number of carbonyl (C=O) groups excluding carboxylic acids is 1. The molecule has 1 aliphatic carbocycles. The van der Waals surface area contributed by atoms with Crippen LogP contribution in [0.4, 0.5) is 13.2 Å². The molecule has 2 aromatic rings. The number of aliphatic hydroxyl groups excluding tert-OH is 1. The fraction of sp³-hybridized carbons (Fsp3) is 0.545. The van der Waals surface area contributed by atoms with E-state index in [2.05, 4.69) is 10.4 Å². The van der Waals surface area contributed by atoms with Gasteiger partial charge in [0.05, 0.1) is 24.8 Å². The summed E-state index contributed by atoms with van der Waals surface area (Å²) in [6, 6.07) is 3.48. The molecular formula is C22H24F3N3O5. The first-order valence-corrected chi connectivity index (χ1v) is 10.9. The first-order valence-electron chi connectivity index (χ1n) is 10.9. The highest BCUT2D eigenvalue weighted by molar-refractivity contribution is 5.92. The van der Waals surface area contributed by atoms with Crippen molar-refractivity contribution in [2.75, 3.05) is 19.8 Å². The van der Waals surface area contributed by atoms with E-state index in [1.165, 1.54) is 25.0 Å². The predicted molar refractivity (Wildman–Crippen MR) is 108 cm³/mol. The summed E-state index contributed by atoms with van der Waals surface area (Å²) >= 11 is 0. The minimum Gasteiger partial charge on any atom is -0.491 e. The van der Waals surface area contributed by atoms with Crippen LogP contribution in [0.25, 0.3) is 0 Å². The molecule has 1 aromatic carbocycles. The van der Waals surface area contributed by atoms with E-state index in [0.717, 1.165) is 25.2 Å². The minimum absolute atomic E-state index is 0.0243. The van der Waals surface area contributed by atoms with E-state index in [4.69, 9.17) is 14.2 Å². The van der Waals surface area contributed by atoms with Crippen molar-refractivity contribution in [1.82, 2.24) is 15.1 Å². The fourth-order valence-electron chi connectivity index (χ4n) is 3.97. The Morgan fingerprint density at radius 1 is 1.30 bits per heavy atom. The molecule has 8 nitrogen and oxygen atoms in total. The van der Waals surface area contributed by atoms with E-state index in [9.17, 15) is 23.1 Å². The minimum atomic E-state index is -4.55. The Morgan fingerprint density at radius 3 is 2.85 bits per heavy atom. The van der Waals surface area contributed by atoms with Gasteiger partial charge in [-0.1, -0.05) is 0 Å². The Kier molecular flexibility index (Phi) is 5.69. The Balaban J connectivity index is 1.17. The van der Waals surface area contributed by atoms with Crippen molar-refractivity contribution in [3.8, 4) is 11.6 Å². The summed E-state index contributed by atoms with van der Waals surface area (Å²) in [7, 11) is 0. The van der Waals surface area contributed by atoms with E-state index < -0.39 is 29.8 Å². The van der Waals surface area contributed by atoms with Gasteiger partial charge in [-0.3, -0.25) is 4.79 Å². The van der Waals surface area contributed by atoms with E-state index in [1.54, 1.807) is 4.68 Å². The molecule has 2 N–H and O–H groups in total. The Bertz CT molecular complexity index is 1010. The van der Waals surface area contributed by atoms with Gasteiger partial charge < -0.3 is 24.6 Å². The second kappa shape index (κ2) is 8.53. The molecule has 178 valence electrons. The summed E-state index contributed by atoms with van der Waals surface area (Å²) in [4.78, 5) is 12.7. The molecule has 33 heavy (non-hydrogen) atoms. The third-order valence-electron chi connectivity index (χ3n) is 6.05. The van der Waals surface area contributed by atoms with Crippen molar-refractivity contribution in [2.45, 2.75) is 50.2 Å². The number of halogens is 3. The van der Waals surface area contributed by atoms with Gasteiger partial charge in [0, 0.05) is 24.7 Å². The maximum Gasteiger partial charge on any atom is 0.416 e. The topological polar surface area (TPSA) is 94.8 Å². The van der Waals surface area contributed by atoms with Crippen molar-refractivity contribution in [3.63, 3.8) is 0 Å². The van der Waals surface area contributed by atoms with E-state index >= 15 is 0 Å². The number of nitrogens with one attached hydrogen (secondary N) is 1. The van der Waals surface area contributed by atoms with Crippen LogP contribution in [0.15, 0.2) is 24.3 Å². The quantitative estimate of drug-likeness (QED) is 0.609. The standard InChI is InChI=1S/C22H24F3N3O5/c23-22(24,25)13-3-4-18-15(7-13)20(29)17(11-32-18)26-21(30)16-8-19-28(27-16)9-14(33-19)5-6-31-10-12-1-2-12/h3-4,7-8,12,14,17,20,29H,1-2,5-6,9-11H2,(H,26,30)/t14?,17-,20?/m0/s1. The lowest BCUT2D eigenvalue weighted by molar-refractivity contribution is -0.137. The summed E-state index contributed by atoms with van der Waals surface area (Å²) in [5.41, 5.74) is -0.828. The van der Waals surface area contributed by atoms with Crippen LogP contribution >= 0.6 is 0 Å². The van der Waals surface area contributed by atoms with Gasteiger partial charge in [0.1, 0.15) is 24.6 Å². The van der Waals surface area contributed by atoms with Crippen LogP contribution in [0, 0.1) is 5.92 Å². The number of fused-ring (bicyclic) bond motifs is 2. The van der Waals surface area contributed by atoms with Gasteiger partial charge in [0.25, 0.3) is 5.91 Å². The van der Waals surface area contributed by atoms with Gasteiger partial charge >= 0.3 is 6.18 Å².